The summed E-state index contributed by atoms with van der Waals surface area (Å²) in [7, 11) is 0. The van der Waals surface area contributed by atoms with Gasteiger partial charge in [-0.1, -0.05) is 39.3 Å². The van der Waals surface area contributed by atoms with Crippen LogP contribution < -0.4 is 0 Å². The molecule has 8 atom stereocenters. The van der Waals surface area contributed by atoms with Crippen molar-refractivity contribution in [2.75, 3.05) is 0 Å². The first-order valence-corrected chi connectivity index (χ1v) is 14.2. The molecule has 0 heterocycles. The SMILES string of the molecule is CCC(=O)O[C@H]1C[C@@]2(C)[C@@H](CC(=O)[C@@H]3[C@@H]2CCC2[C@H](C)C(=O)CC[C@@]23C)/C1=C(\CCC=C(C)C)C(=O)O. The van der Waals surface area contributed by atoms with Crippen molar-refractivity contribution >= 4 is 23.5 Å². The molecule has 4 rings (SSSR count). The number of Topliss-reactive ketones (excluding diaryl/α,β-unsaturated/α-hetero) is 2. The number of rotatable bonds is 6. The Morgan fingerprint density at radius 2 is 1.76 bits per heavy atom. The van der Waals surface area contributed by atoms with Crippen molar-refractivity contribution in [2.24, 2.45) is 40.4 Å². The average molecular weight is 513 g/mol. The van der Waals surface area contributed by atoms with E-state index in [1.54, 1.807) is 6.92 Å². The van der Waals surface area contributed by atoms with E-state index in [1.165, 1.54) is 0 Å². The summed E-state index contributed by atoms with van der Waals surface area (Å²) >= 11 is 0. The lowest BCUT2D eigenvalue weighted by atomic mass is 9.42. The molecular weight excluding hydrogens is 468 g/mol. The van der Waals surface area contributed by atoms with Crippen molar-refractivity contribution in [1.29, 1.82) is 0 Å². The highest BCUT2D eigenvalue weighted by atomic mass is 16.5. The smallest absolute Gasteiger partial charge is 0.331 e. The van der Waals surface area contributed by atoms with Crippen molar-refractivity contribution in [2.45, 2.75) is 105 Å². The lowest BCUT2D eigenvalue weighted by Crippen LogP contribution is -2.59. The molecule has 0 bridgehead atoms. The highest BCUT2D eigenvalue weighted by molar-refractivity contribution is 5.90. The van der Waals surface area contributed by atoms with E-state index in [9.17, 15) is 24.3 Å². The molecule has 1 N–H and O–H groups in total. The third-order valence-electron chi connectivity index (χ3n) is 10.6. The summed E-state index contributed by atoms with van der Waals surface area (Å²) in [6, 6.07) is 0. The first-order valence-electron chi connectivity index (χ1n) is 14.2. The normalized spacial score (nSPS) is 40.3. The van der Waals surface area contributed by atoms with Crippen LogP contribution in [-0.4, -0.2) is 34.7 Å². The van der Waals surface area contributed by atoms with Gasteiger partial charge in [-0.05, 0) is 86.5 Å². The van der Waals surface area contributed by atoms with Crippen molar-refractivity contribution in [1.82, 2.24) is 0 Å². The molecule has 0 amide bonds. The van der Waals surface area contributed by atoms with Crippen LogP contribution in [0.2, 0.25) is 0 Å². The van der Waals surface area contributed by atoms with Crippen LogP contribution >= 0.6 is 0 Å². The Hall–Kier alpha value is -2.24. The standard InChI is InChI=1S/C31H44O6/c1-7-26(34)37-25-16-31(6)21-12-11-20-18(4)23(32)13-14-30(20,5)28(21)24(33)15-22(31)27(25)19(29(35)36)10-8-9-17(2)3/h9,18,20-22,25,28H,7-8,10-16H2,1-6H3,(H,35,36)/b27-19-/t18-,20?,21-,22-,25-,28-,30-,31+/m0/s1. The highest BCUT2D eigenvalue weighted by Crippen LogP contribution is 2.68. The van der Waals surface area contributed by atoms with Crippen molar-refractivity contribution in [3.8, 4) is 0 Å². The minimum absolute atomic E-state index is 0.0241. The van der Waals surface area contributed by atoms with Gasteiger partial charge < -0.3 is 9.84 Å². The summed E-state index contributed by atoms with van der Waals surface area (Å²) < 4.78 is 5.94. The van der Waals surface area contributed by atoms with E-state index >= 15 is 0 Å². The zero-order valence-corrected chi connectivity index (χ0v) is 23.4. The minimum atomic E-state index is -0.983. The van der Waals surface area contributed by atoms with Crippen LogP contribution in [-0.2, 0) is 23.9 Å². The summed E-state index contributed by atoms with van der Waals surface area (Å²) in [5, 5.41) is 10.3. The van der Waals surface area contributed by atoms with Gasteiger partial charge in [0.2, 0.25) is 0 Å². The van der Waals surface area contributed by atoms with E-state index < -0.39 is 12.1 Å². The molecule has 0 aromatic carbocycles. The Balaban J connectivity index is 1.78. The molecule has 4 saturated carbocycles. The molecule has 204 valence electrons. The molecule has 0 radical (unpaired) electrons. The Morgan fingerprint density at radius 3 is 2.38 bits per heavy atom. The molecule has 0 spiro atoms. The number of hydrogen-bond donors (Lipinski definition) is 1. The van der Waals surface area contributed by atoms with E-state index in [4.69, 9.17) is 4.74 Å². The van der Waals surface area contributed by atoms with Crippen LogP contribution in [0.1, 0.15) is 99.3 Å². The van der Waals surface area contributed by atoms with Crippen LogP contribution in [0.15, 0.2) is 22.8 Å². The van der Waals surface area contributed by atoms with Crippen LogP contribution in [0.25, 0.3) is 0 Å². The van der Waals surface area contributed by atoms with E-state index in [0.717, 1.165) is 24.8 Å². The van der Waals surface area contributed by atoms with Crippen molar-refractivity contribution in [3.63, 3.8) is 0 Å². The van der Waals surface area contributed by atoms with Crippen LogP contribution in [0.4, 0.5) is 0 Å². The molecule has 4 aliphatic rings. The van der Waals surface area contributed by atoms with Gasteiger partial charge in [0, 0.05) is 36.7 Å². The van der Waals surface area contributed by atoms with E-state index in [1.807, 2.05) is 26.8 Å². The summed E-state index contributed by atoms with van der Waals surface area (Å²) in [6.45, 7) is 12.2. The topological polar surface area (TPSA) is 97.7 Å². The maximum Gasteiger partial charge on any atom is 0.331 e. The second-order valence-corrected chi connectivity index (χ2v) is 12.9. The highest BCUT2D eigenvalue weighted by Gasteiger charge is 2.66. The molecule has 4 aliphatic carbocycles. The quantitative estimate of drug-likeness (QED) is 0.263. The minimum Gasteiger partial charge on any atom is -0.478 e. The van der Waals surface area contributed by atoms with Crippen LogP contribution in [0.5, 0.6) is 0 Å². The number of ketones is 2. The van der Waals surface area contributed by atoms with Gasteiger partial charge in [0.15, 0.2) is 0 Å². The van der Waals surface area contributed by atoms with Gasteiger partial charge in [0.05, 0.1) is 0 Å². The van der Waals surface area contributed by atoms with E-state index in [-0.39, 0.29) is 65.0 Å². The number of carboxylic acids is 1. The number of hydrogen-bond acceptors (Lipinski definition) is 5. The van der Waals surface area contributed by atoms with Gasteiger partial charge in [-0.2, -0.15) is 0 Å². The van der Waals surface area contributed by atoms with Gasteiger partial charge in [0.25, 0.3) is 0 Å². The molecule has 0 aromatic heterocycles. The average Bonchev–Trinajstić information content (AvgIpc) is 3.10. The Labute approximate surface area is 221 Å². The van der Waals surface area contributed by atoms with Gasteiger partial charge in [0.1, 0.15) is 17.7 Å². The molecule has 6 nitrogen and oxygen atoms in total. The summed E-state index contributed by atoms with van der Waals surface area (Å²) in [5.41, 5.74) is 1.56. The fourth-order valence-corrected chi connectivity index (χ4v) is 8.80. The molecule has 4 fully saturated rings. The molecule has 1 unspecified atom stereocenters. The summed E-state index contributed by atoms with van der Waals surface area (Å²) in [6.07, 6.45) is 6.47. The molecule has 6 heteroatoms. The third-order valence-corrected chi connectivity index (χ3v) is 10.6. The van der Waals surface area contributed by atoms with Gasteiger partial charge >= 0.3 is 11.9 Å². The maximum absolute atomic E-state index is 14.0. The first kappa shape index (κ1) is 27.8. The number of carboxylic acid groups (broad SMARTS) is 1. The molecule has 37 heavy (non-hydrogen) atoms. The van der Waals surface area contributed by atoms with Gasteiger partial charge in [-0.3, -0.25) is 14.4 Å². The van der Waals surface area contributed by atoms with Gasteiger partial charge in [-0.15, -0.1) is 0 Å². The zero-order valence-electron chi connectivity index (χ0n) is 23.4. The summed E-state index contributed by atoms with van der Waals surface area (Å²) in [4.78, 5) is 51.6. The fourth-order valence-electron chi connectivity index (χ4n) is 8.80. The number of aliphatic carboxylic acids is 1. The second kappa shape index (κ2) is 10.1. The monoisotopic (exact) mass is 512 g/mol. The molecular formula is C31H44O6. The third kappa shape index (κ3) is 4.63. The lowest BCUT2D eigenvalue weighted by molar-refractivity contribution is -0.166. The first-order chi connectivity index (χ1) is 17.3. The second-order valence-electron chi connectivity index (χ2n) is 12.9. The zero-order chi connectivity index (χ0) is 27.3. The largest absolute Gasteiger partial charge is 0.478 e. The van der Waals surface area contributed by atoms with Crippen LogP contribution in [0.3, 0.4) is 0 Å². The number of allylic oxidation sites excluding steroid dienone is 2. The van der Waals surface area contributed by atoms with Crippen LogP contribution in [0, 0.1) is 40.4 Å². The predicted molar refractivity (Wildman–Crippen MR) is 141 cm³/mol. The Bertz CT molecular complexity index is 1050. The fraction of sp³-hybridized carbons (Fsp3) is 0.742. The number of carbonyl (C=O) groups is 4. The molecule has 0 aliphatic heterocycles. The Kier molecular flexibility index (Phi) is 7.62. The van der Waals surface area contributed by atoms with E-state index in [2.05, 4.69) is 13.8 Å². The van der Waals surface area contributed by atoms with E-state index in [0.29, 0.717) is 42.6 Å². The maximum atomic E-state index is 14.0. The molecule has 0 aromatic rings. The number of ether oxygens (including phenoxy) is 1. The van der Waals surface area contributed by atoms with Gasteiger partial charge in [-0.25, -0.2) is 4.79 Å². The lowest BCUT2D eigenvalue weighted by Gasteiger charge is -2.60. The predicted octanol–water partition coefficient (Wildman–Crippen LogP) is 6.08. The number of fused-ring (bicyclic) bond motifs is 5. The Morgan fingerprint density at radius 1 is 1.08 bits per heavy atom. The number of esters is 1. The summed E-state index contributed by atoms with van der Waals surface area (Å²) in [5.74, 6) is -0.898. The molecule has 0 saturated heterocycles. The van der Waals surface area contributed by atoms with Crippen molar-refractivity contribution < 1.29 is 29.0 Å². The number of carbonyl (C=O) groups excluding carboxylic acids is 3. The van der Waals surface area contributed by atoms with Crippen molar-refractivity contribution in [3.05, 3.63) is 22.8 Å².